The molecule has 0 aromatic heterocycles. The number of allylic oxidation sites excluding steroid dienone is 1. The Morgan fingerprint density at radius 3 is 3.05 bits per heavy atom. The Hall–Kier alpha value is -1.48. The molecule has 0 amide bonds. The Bertz CT molecular complexity index is 552. The van der Waals surface area contributed by atoms with Crippen LogP contribution < -0.4 is 14.8 Å². The third kappa shape index (κ3) is 1.42. The van der Waals surface area contributed by atoms with Gasteiger partial charge in [0.2, 0.25) is 0 Å². The molecule has 2 aliphatic carbocycles. The number of methoxy groups -OCH3 is 1. The minimum Gasteiger partial charge on any atom is -0.493 e. The zero-order valence-corrected chi connectivity index (χ0v) is 11.3. The van der Waals surface area contributed by atoms with Gasteiger partial charge in [-0.2, -0.15) is 0 Å². The van der Waals surface area contributed by atoms with E-state index in [2.05, 4.69) is 30.6 Å². The van der Waals surface area contributed by atoms with Crippen LogP contribution in [-0.4, -0.2) is 26.3 Å². The third-order valence-corrected chi connectivity index (χ3v) is 4.93. The van der Waals surface area contributed by atoms with Crippen LogP contribution in [0.2, 0.25) is 0 Å². The van der Waals surface area contributed by atoms with E-state index in [-0.39, 0.29) is 6.10 Å². The molecule has 0 spiro atoms. The normalized spacial score (nSPS) is 33.8. The highest BCUT2D eigenvalue weighted by Crippen LogP contribution is 2.55. The van der Waals surface area contributed by atoms with E-state index in [4.69, 9.17) is 9.47 Å². The monoisotopic (exact) mass is 257 g/mol. The van der Waals surface area contributed by atoms with Gasteiger partial charge in [0.1, 0.15) is 6.10 Å². The van der Waals surface area contributed by atoms with Crippen molar-refractivity contribution in [3.8, 4) is 11.5 Å². The number of nitrogens with one attached hydrogen (secondary N) is 1. The summed E-state index contributed by atoms with van der Waals surface area (Å²) in [6.45, 7) is 0. The number of rotatable bonds is 2. The topological polar surface area (TPSA) is 30.5 Å². The molecule has 100 valence electrons. The minimum absolute atomic E-state index is 0.194. The molecule has 3 heteroatoms. The van der Waals surface area contributed by atoms with E-state index in [0.29, 0.717) is 17.9 Å². The summed E-state index contributed by atoms with van der Waals surface area (Å²) in [6, 6.07) is 4.80. The predicted octanol–water partition coefficient (Wildman–Crippen LogP) is 2.26. The van der Waals surface area contributed by atoms with Crippen molar-refractivity contribution in [2.24, 2.45) is 5.92 Å². The number of ether oxygens (including phenoxy) is 2. The van der Waals surface area contributed by atoms with Crippen LogP contribution in [0.1, 0.15) is 23.5 Å². The van der Waals surface area contributed by atoms with Gasteiger partial charge in [-0.25, -0.2) is 0 Å². The lowest BCUT2D eigenvalue weighted by atomic mass is 9.67. The van der Waals surface area contributed by atoms with Gasteiger partial charge in [-0.1, -0.05) is 12.1 Å². The first kappa shape index (κ1) is 11.4. The largest absolute Gasteiger partial charge is 0.493 e. The van der Waals surface area contributed by atoms with Crippen molar-refractivity contribution in [2.75, 3.05) is 14.2 Å². The highest BCUT2D eigenvalue weighted by atomic mass is 16.5. The molecule has 19 heavy (non-hydrogen) atoms. The third-order valence-electron chi connectivity index (χ3n) is 4.93. The van der Waals surface area contributed by atoms with E-state index >= 15 is 0 Å². The van der Waals surface area contributed by atoms with Gasteiger partial charge in [-0.05, 0) is 43.5 Å². The second-order valence-corrected chi connectivity index (χ2v) is 5.70. The van der Waals surface area contributed by atoms with E-state index in [1.165, 1.54) is 11.1 Å². The second-order valence-electron chi connectivity index (χ2n) is 5.70. The standard InChI is InChI=1S/C16H19NO2/c1-17-11-8-9-6-7-13(18-2)16-14(9)15-10(11)4-3-5-12(15)19-16/h3,5-7,10-12,15,17H,4,8H2,1-2H3/t10-,11+,12-,15?/m0/s1. The molecule has 1 aromatic rings. The summed E-state index contributed by atoms with van der Waals surface area (Å²) < 4.78 is 11.6. The van der Waals surface area contributed by atoms with Gasteiger partial charge >= 0.3 is 0 Å². The smallest absolute Gasteiger partial charge is 0.166 e. The maximum atomic E-state index is 6.18. The van der Waals surface area contributed by atoms with Gasteiger partial charge in [0, 0.05) is 17.5 Å². The minimum atomic E-state index is 0.194. The van der Waals surface area contributed by atoms with Crippen molar-refractivity contribution in [1.29, 1.82) is 0 Å². The highest BCUT2D eigenvalue weighted by molar-refractivity contribution is 5.58. The van der Waals surface area contributed by atoms with Crippen molar-refractivity contribution in [3.63, 3.8) is 0 Å². The molecule has 0 fully saturated rings. The van der Waals surface area contributed by atoms with E-state index < -0.39 is 0 Å². The van der Waals surface area contributed by atoms with Crippen molar-refractivity contribution in [1.82, 2.24) is 5.32 Å². The lowest BCUT2D eigenvalue weighted by Crippen LogP contribution is -2.45. The van der Waals surface area contributed by atoms with Crippen LogP contribution in [0, 0.1) is 5.92 Å². The summed E-state index contributed by atoms with van der Waals surface area (Å²) in [7, 11) is 3.79. The lowest BCUT2D eigenvalue weighted by molar-refractivity contribution is 0.178. The van der Waals surface area contributed by atoms with Crippen LogP contribution in [0.15, 0.2) is 24.3 Å². The van der Waals surface area contributed by atoms with Gasteiger partial charge < -0.3 is 14.8 Å². The molecule has 0 bridgehead atoms. The fraction of sp³-hybridized carbons (Fsp3) is 0.500. The Morgan fingerprint density at radius 2 is 2.26 bits per heavy atom. The molecule has 4 rings (SSSR count). The molecule has 1 aliphatic heterocycles. The fourth-order valence-corrected chi connectivity index (χ4v) is 4.07. The quantitative estimate of drug-likeness (QED) is 0.824. The molecular weight excluding hydrogens is 238 g/mol. The average molecular weight is 257 g/mol. The second kappa shape index (κ2) is 4.01. The fourth-order valence-electron chi connectivity index (χ4n) is 4.07. The molecule has 3 aliphatic rings. The van der Waals surface area contributed by atoms with Gasteiger partial charge in [-0.15, -0.1) is 0 Å². The zero-order chi connectivity index (χ0) is 13.0. The lowest BCUT2D eigenvalue weighted by Gasteiger charge is -2.39. The van der Waals surface area contributed by atoms with Crippen molar-refractivity contribution in [2.45, 2.75) is 30.9 Å². The van der Waals surface area contributed by atoms with Crippen molar-refractivity contribution >= 4 is 0 Å². The Morgan fingerprint density at radius 1 is 1.37 bits per heavy atom. The van der Waals surface area contributed by atoms with E-state index in [9.17, 15) is 0 Å². The number of likely N-dealkylation sites (N-methyl/N-ethyl adjacent to an activating group) is 1. The molecule has 3 nitrogen and oxygen atoms in total. The molecule has 4 atom stereocenters. The Labute approximate surface area is 113 Å². The van der Waals surface area contributed by atoms with Gasteiger partial charge in [0.25, 0.3) is 0 Å². The maximum absolute atomic E-state index is 6.18. The molecule has 1 aromatic carbocycles. The van der Waals surface area contributed by atoms with Crippen LogP contribution in [0.5, 0.6) is 11.5 Å². The van der Waals surface area contributed by atoms with Crippen LogP contribution >= 0.6 is 0 Å². The van der Waals surface area contributed by atoms with E-state index in [1.807, 2.05) is 6.07 Å². The van der Waals surface area contributed by atoms with Gasteiger partial charge in [-0.3, -0.25) is 0 Å². The van der Waals surface area contributed by atoms with E-state index in [1.54, 1.807) is 7.11 Å². The SMILES string of the molecule is CN[C@@H]1Cc2ccc(OC)c3c2C2[C@H](C=CC[C@H]21)O3. The first-order valence-corrected chi connectivity index (χ1v) is 7.04. The predicted molar refractivity (Wildman–Crippen MR) is 73.9 cm³/mol. The maximum Gasteiger partial charge on any atom is 0.166 e. The average Bonchev–Trinajstić information content (AvgIpc) is 2.85. The summed E-state index contributed by atoms with van der Waals surface area (Å²) in [5.74, 6) is 3.00. The number of hydrogen-bond acceptors (Lipinski definition) is 3. The van der Waals surface area contributed by atoms with Crippen LogP contribution in [-0.2, 0) is 6.42 Å². The van der Waals surface area contributed by atoms with Gasteiger partial charge in [0.05, 0.1) is 7.11 Å². The Kier molecular flexibility index (Phi) is 2.39. The molecule has 1 heterocycles. The number of hydrogen-bond donors (Lipinski definition) is 1. The number of benzene rings is 1. The Balaban J connectivity index is 1.91. The molecule has 0 saturated heterocycles. The highest BCUT2D eigenvalue weighted by Gasteiger charge is 2.48. The molecule has 0 saturated carbocycles. The van der Waals surface area contributed by atoms with Crippen molar-refractivity contribution < 1.29 is 9.47 Å². The molecule has 1 N–H and O–H groups in total. The van der Waals surface area contributed by atoms with Crippen molar-refractivity contribution in [3.05, 3.63) is 35.4 Å². The summed E-state index contributed by atoms with van der Waals surface area (Å²) in [6.07, 6.45) is 6.93. The summed E-state index contributed by atoms with van der Waals surface area (Å²) in [5.41, 5.74) is 2.83. The zero-order valence-electron chi connectivity index (χ0n) is 11.3. The van der Waals surface area contributed by atoms with E-state index in [0.717, 1.165) is 24.3 Å². The van der Waals surface area contributed by atoms with Crippen LogP contribution in [0.4, 0.5) is 0 Å². The van der Waals surface area contributed by atoms with Crippen LogP contribution in [0.3, 0.4) is 0 Å². The summed E-state index contributed by atoms with van der Waals surface area (Å²) >= 11 is 0. The summed E-state index contributed by atoms with van der Waals surface area (Å²) in [4.78, 5) is 0. The molecule has 0 radical (unpaired) electrons. The van der Waals surface area contributed by atoms with Crippen LogP contribution in [0.25, 0.3) is 0 Å². The van der Waals surface area contributed by atoms with Gasteiger partial charge in [0.15, 0.2) is 11.5 Å². The first-order valence-electron chi connectivity index (χ1n) is 7.04. The first-order chi connectivity index (χ1) is 9.33. The molecule has 1 unspecified atom stereocenters. The molecular formula is C16H19NO2. The summed E-state index contributed by atoms with van der Waals surface area (Å²) in [5, 5.41) is 3.50.